The lowest BCUT2D eigenvalue weighted by atomic mass is 10.0. The first-order valence-electron chi connectivity index (χ1n) is 7.72. The molecular formula is C15H26BrNO2. The normalized spacial score (nSPS) is 30.1. The average Bonchev–Trinajstić information content (AvgIpc) is 2.74. The minimum absolute atomic E-state index is 0.179. The van der Waals surface area contributed by atoms with Crippen molar-refractivity contribution in [3.05, 3.63) is 0 Å². The number of ether oxygens (including phenoxy) is 1. The highest BCUT2D eigenvalue weighted by atomic mass is 79.9. The lowest BCUT2D eigenvalue weighted by Crippen LogP contribution is -2.42. The number of rotatable bonds is 4. The predicted octanol–water partition coefficient (Wildman–Crippen LogP) is 3.50. The lowest BCUT2D eigenvalue weighted by Gasteiger charge is -2.31. The van der Waals surface area contributed by atoms with Gasteiger partial charge >= 0.3 is 0 Å². The molecule has 3 unspecified atom stereocenters. The van der Waals surface area contributed by atoms with Crippen LogP contribution in [0.4, 0.5) is 0 Å². The van der Waals surface area contributed by atoms with E-state index in [1.807, 2.05) is 0 Å². The molecule has 1 amide bonds. The van der Waals surface area contributed by atoms with Crippen molar-refractivity contribution in [2.24, 2.45) is 0 Å². The van der Waals surface area contributed by atoms with Crippen molar-refractivity contribution in [2.45, 2.75) is 75.3 Å². The van der Waals surface area contributed by atoms with Crippen molar-refractivity contribution in [3.63, 3.8) is 0 Å². The van der Waals surface area contributed by atoms with Crippen LogP contribution in [0.5, 0.6) is 0 Å². The van der Waals surface area contributed by atoms with Crippen molar-refractivity contribution in [2.75, 3.05) is 13.2 Å². The van der Waals surface area contributed by atoms with Crippen LogP contribution in [-0.2, 0) is 9.53 Å². The first-order chi connectivity index (χ1) is 9.16. The molecule has 2 fully saturated rings. The number of carbonyl (C=O) groups is 1. The molecule has 3 atom stereocenters. The molecule has 4 heteroatoms. The maximum Gasteiger partial charge on any atom is 0.225 e. The second-order valence-electron chi connectivity index (χ2n) is 5.95. The van der Waals surface area contributed by atoms with Crippen LogP contribution in [0.15, 0.2) is 0 Å². The maximum atomic E-state index is 12.5. The quantitative estimate of drug-likeness (QED) is 0.738. The van der Waals surface area contributed by atoms with E-state index in [1.165, 1.54) is 12.8 Å². The van der Waals surface area contributed by atoms with Crippen LogP contribution in [0.1, 0.15) is 58.3 Å². The summed E-state index contributed by atoms with van der Waals surface area (Å²) in [6, 6.07) is 0.422. The van der Waals surface area contributed by atoms with Gasteiger partial charge in [0.15, 0.2) is 0 Å². The van der Waals surface area contributed by atoms with Gasteiger partial charge in [-0.15, -0.1) is 0 Å². The third kappa shape index (κ3) is 4.75. The van der Waals surface area contributed by atoms with Crippen LogP contribution in [0, 0.1) is 0 Å². The fraction of sp³-hybridized carbons (Fsp3) is 0.933. The molecule has 0 aliphatic carbocycles. The van der Waals surface area contributed by atoms with Crippen LogP contribution < -0.4 is 0 Å². The van der Waals surface area contributed by atoms with Crippen LogP contribution in [0.25, 0.3) is 0 Å². The van der Waals surface area contributed by atoms with E-state index in [2.05, 4.69) is 27.8 Å². The Morgan fingerprint density at radius 2 is 2.16 bits per heavy atom. The second kappa shape index (κ2) is 7.63. The molecule has 0 N–H and O–H groups in total. The second-order valence-corrected chi connectivity index (χ2v) is 7.51. The van der Waals surface area contributed by atoms with Crippen molar-refractivity contribution in [3.8, 4) is 0 Å². The van der Waals surface area contributed by atoms with E-state index in [0.29, 0.717) is 23.2 Å². The van der Waals surface area contributed by atoms with Gasteiger partial charge in [-0.25, -0.2) is 0 Å². The summed E-state index contributed by atoms with van der Waals surface area (Å²) in [6.45, 7) is 3.95. The van der Waals surface area contributed by atoms with Gasteiger partial charge in [-0.1, -0.05) is 35.7 Å². The van der Waals surface area contributed by atoms with Crippen LogP contribution in [0.2, 0.25) is 0 Å². The van der Waals surface area contributed by atoms with E-state index in [1.54, 1.807) is 0 Å². The van der Waals surface area contributed by atoms with Gasteiger partial charge in [0.2, 0.25) is 5.91 Å². The minimum atomic E-state index is 0.179. The molecule has 19 heavy (non-hydrogen) atoms. The highest BCUT2D eigenvalue weighted by Gasteiger charge is 2.29. The Bertz CT molecular complexity index is 290. The Hall–Kier alpha value is -0.0900. The first-order valence-corrected chi connectivity index (χ1v) is 8.63. The fourth-order valence-corrected chi connectivity index (χ4v) is 3.67. The number of nitrogens with zero attached hydrogens (tertiary/aromatic N) is 1. The van der Waals surface area contributed by atoms with E-state index in [0.717, 1.165) is 45.3 Å². The van der Waals surface area contributed by atoms with Crippen LogP contribution >= 0.6 is 15.9 Å². The molecule has 110 valence electrons. The largest absolute Gasteiger partial charge is 0.378 e. The highest BCUT2D eigenvalue weighted by Crippen LogP contribution is 2.25. The molecule has 0 aromatic rings. The minimum Gasteiger partial charge on any atom is -0.378 e. The maximum absolute atomic E-state index is 12.5. The Morgan fingerprint density at radius 3 is 2.84 bits per heavy atom. The van der Waals surface area contributed by atoms with Crippen LogP contribution in [-0.4, -0.2) is 40.9 Å². The zero-order chi connectivity index (χ0) is 13.7. The van der Waals surface area contributed by atoms with Gasteiger partial charge < -0.3 is 9.64 Å². The van der Waals surface area contributed by atoms with E-state index in [-0.39, 0.29) is 6.10 Å². The van der Waals surface area contributed by atoms with Gasteiger partial charge in [0.1, 0.15) is 0 Å². The molecule has 0 saturated carbocycles. The summed E-state index contributed by atoms with van der Waals surface area (Å²) in [5.41, 5.74) is 0. The third-order valence-corrected chi connectivity index (χ3v) is 4.59. The van der Waals surface area contributed by atoms with Gasteiger partial charge in [-0.3, -0.25) is 4.79 Å². The summed E-state index contributed by atoms with van der Waals surface area (Å²) in [5, 5.41) is 0. The smallest absolute Gasteiger partial charge is 0.225 e. The van der Waals surface area contributed by atoms with Crippen molar-refractivity contribution < 1.29 is 9.53 Å². The number of amides is 1. The lowest BCUT2D eigenvalue weighted by molar-refractivity contribution is -0.135. The molecule has 0 radical (unpaired) electrons. The predicted molar refractivity (Wildman–Crippen MR) is 80.6 cm³/mol. The van der Waals surface area contributed by atoms with Gasteiger partial charge in [-0.2, -0.15) is 0 Å². The Kier molecular flexibility index (Phi) is 6.14. The van der Waals surface area contributed by atoms with E-state index in [4.69, 9.17) is 4.74 Å². The number of alkyl halides is 1. The summed E-state index contributed by atoms with van der Waals surface area (Å²) in [4.78, 5) is 15.2. The average molecular weight is 332 g/mol. The van der Waals surface area contributed by atoms with Gasteiger partial charge in [0, 0.05) is 24.0 Å². The van der Waals surface area contributed by atoms with Crippen molar-refractivity contribution in [1.82, 2.24) is 4.90 Å². The summed E-state index contributed by atoms with van der Waals surface area (Å²) >= 11 is 3.64. The molecule has 3 nitrogen and oxygen atoms in total. The van der Waals surface area contributed by atoms with Crippen molar-refractivity contribution >= 4 is 21.8 Å². The summed E-state index contributed by atoms with van der Waals surface area (Å²) in [6.07, 6.45) is 8.84. The zero-order valence-electron chi connectivity index (χ0n) is 11.9. The number of carbonyl (C=O) groups excluding carboxylic acids is 1. The summed E-state index contributed by atoms with van der Waals surface area (Å²) < 4.78 is 5.61. The first kappa shape index (κ1) is 15.3. The topological polar surface area (TPSA) is 29.5 Å². The number of likely N-dealkylation sites (tertiary alicyclic amines) is 1. The molecule has 2 saturated heterocycles. The number of hydrogen-bond acceptors (Lipinski definition) is 2. The third-order valence-electron chi connectivity index (χ3n) is 4.22. The van der Waals surface area contributed by atoms with Crippen molar-refractivity contribution in [1.29, 1.82) is 0 Å². The molecule has 0 aromatic heterocycles. The van der Waals surface area contributed by atoms with E-state index in [9.17, 15) is 4.79 Å². The van der Waals surface area contributed by atoms with E-state index < -0.39 is 0 Å². The standard InChI is InChI=1S/C15H26BrNO2/c1-12(16)10-13-6-3-2-4-8-17(13)15(18)11-14-7-5-9-19-14/h12-14H,2-11H2,1H3. The Morgan fingerprint density at radius 1 is 1.32 bits per heavy atom. The molecular weight excluding hydrogens is 306 g/mol. The Labute approximate surface area is 125 Å². The Balaban J connectivity index is 1.93. The molecule has 2 heterocycles. The highest BCUT2D eigenvalue weighted by molar-refractivity contribution is 9.09. The van der Waals surface area contributed by atoms with Crippen LogP contribution in [0.3, 0.4) is 0 Å². The fourth-order valence-electron chi connectivity index (χ4n) is 3.24. The van der Waals surface area contributed by atoms with Gasteiger partial charge in [-0.05, 0) is 32.1 Å². The molecule has 0 spiro atoms. The number of hydrogen-bond donors (Lipinski definition) is 0. The van der Waals surface area contributed by atoms with E-state index >= 15 is 0 Å². The molecule has 0 bridgehead atoms. The van der Waals surface area contributed by atoms with Gasteiger partial charge in [0.05, 0.1) is 12.5 Å². The summed E-state index contributed by atoms with van der Waals surface area (Å²) in [5.74, 6) is 0.312. The zero-order valence-corrected chi connectivity index (χ0v) is 13.5. The number of halogens is 1. The molecule has 2 rings (SSSR count). The SMILES string of the molecule is CC(Br)CC1CCCCCN1C(=O)CC1CCCO1. The molecule has 2 aliphatic heterocycles. The molecule has 2 aliphatic rings. The summed E-state index contributed by atoms with van der Waals surface area (Å²) in [7, 11) is 0. The molecule has 0 aromatic carbocycles. The monoisotopic (exact) mass is 331 g/mol. The van der Waals surface area contributed by atoms with Gasteiger partial charge in [0.25, 0.3) is 0 Å².